The monoisotopic (exact) mass is 312 g/mol. The Balaban J connectivity index is 2.09. The summed E-state index contributed by atoms with van der Waals surface area (Å²) in [5.41, 5.74) is 3.35. The minimum atomic E-state index is -0.209. The van der Waals surface area contributed by atoms with Crippen LogP contribution in [0.15, 0.2) is 42.5 Å². The molecule has 0 N–H and O–H groups in total. The van der Waals surface area contributed by atoms with E-state index in [0.717, 1.165) is 29.0 Å². The molecule has 2 aromatic rings. The smallest absolute Gasteiger partial charge is 0.169 e. The van der Waals surface area contributed by atoms with E-state index in [2.05, 4.69) is 18.2 Å². The lowest BCUT2D eigenvalue weighted by Crippen LogP contribution is -2.12. The van der Waals surface area contributed by atoms with Crippen LogP contribution in [0.25, 0.3) is 6.08 Å². The van der Waals surface area contributed by atoms with E-state index in [9.17, 15) is 4.39 Å². The van der Waals surface area contributed by atoms with Crippen LogP contribution in [0, 0.1) is 5.82 Å². The number of benzene rings is 2. The van der Waals surface area contributed by atoms with Gasteiger partial charge in [0.1, 0.15) is 5.82 Å². The number of rotatable bonds is 4. The van der Waals surface area contributed by atoms with Gasteiger partial charge in [-0.05, 0) is 49.6 Å². The number of halogens is 1. The third-order valence-corrected chi connectivity index (χ3v) is 4.07. The first-order chi connectivity index (χ1) is 11.1. The minimum absolute atomic E-state index is 0.0648. The molecule has 0 aliphatic heterocycles. The maximum absolute atomic E-state index is 13.2. The zero-order chi connectivity index (χ0) is 16.4. The van der Waals surface area contributed by atoms with Gasteiger partial charge in [0.05, 0.1) is 13.2 Å². The molecule has 3 heteroatoms. The Kier molecular flexibility index (Phi) is 4.37. The van der Waals surface area contributed by atoms with Crippen LogP contribution in [0.3, 0.4) is 0 Å². The van der Waals surface area contributed by atoms with Crippen molar-refractivity contribution in [3.63, 3.8) is 0 Å². The van der Waals surface area contributed by atoms with Gasteiger partial charge in [-0.15, -0.1) is 0 Å². The molecule has 0 fully saturated rings. The molecule has 0 radical (unpaired) electrons. The van der Waals surface area contributed by atoms with Gasteiger partial charge in [0.25, 0.3) is 0 Å². The van der Waals surface area contributed by atoms with Gasteiger partial charge >= 0.3 is 0 Å². The third-order valence-electron chi connectivity index (χ3n) is 4.07. The van der Waals surface area contributed by atoms with Crippen LogP contribution < -0.4 is 9.47 Å². The van der Waals surface area contributed by atoms with Crippen LogP contribution in [0.1, 0.15) is 42.9 Å². The summed E-state index contributed by atoms with van der Waals surface area (Å²) in [5.74, 6) is 1.51. The highest BCUT2D eigenvalue weighted by molar-refractivity contribution is 5.69. The van der Waals surface area contributed by atoms with E-state index in [1.165, 1.54) is 17.7 Å². The van der Waals surface area contributed by atoms with Gasteiger partial charge in [-0.1, -0.05) is 30.4 Å². The maximum Gasteiger partial charge on any atom is 0.169 e. The van der Waals surface area contributed by atoms with E-state index in [4.69, 9.17) is 9.47 Å². The molecule has 0 spiro atoms. The molecule has 2 nitrogen and oxygen atoms in total. The second kappa shape index (κ2) is 6.45. The predicted octanol–water partition coefficient (Wildman–Crippen LogP) is 5.17. The van der Waals surface area contributed by atoms with E-state index in [-0.39, 0.29) is 17.8 Å². The largest absolute Gasteiger partial charge is 0.493 e. The van der Waals surface area contributed by atoms with Crippen molar-refractivity contribution in [2.75, 3.05) is 7.11 Å². The summed E-state index contributed by atoms with van der Waals surface area (Å²) in [6.07, 6.45) is 5.19. The fourth-order valence-corrected chi connectivity index (χ4v) is 3.05. The molecule has 0 saturated carbocycles. The predicted molar refractivity (Wildman–Crippen MR) is 90.7 cm³/mol. The first-order valence-electron chi connectivity index (χ1n) is 7.89. The molecule has 23 heavy (non-hydrogen) atoms. The van der Waals surface area contributed by atoms with E-state index in [0.29, 0.717) is 0 Å². The highest BCUT2D eigenvalue weighted by atomic mass is 19.1. The van der Waals surface area contributed by atoms with Crippen LogP contribution >= 0.6 is 0 Å². The van der Waals surface area contributed by atoms with Crippen molar-refractivity contribution in [1.82, 2.24) is 0 Å². The molecule has 0 heterocycles. The summed E-state index contributed by atoms with van der Waals surface area (Å²) < 4.78 is 24.7. The Hall–Kier alpha value is -2.29. The van der Waals surface area contributed by atoms with E-state index in [1.807, 2.05) is 32.0 Å². The average molecular weight is 312 g/mol. The van der Waals surface area contributed by atoms with Gasteiger partial charge in [-0.2, -0.15) is 0 Å². The van der Waals surface area contributed by atoms with E-state index >= 15 is 0 Å². The summed E-state index contributed by atoms with van der Waals surface area (Å²) in [7, 11) is 1.65. The fourth-order valence-electron chi connectivity index (χ4n) is 3.05. The quantitative estimate of drug-likeness (QED) is 0.775. The second-order valence-corrected chi connectivity index (χ2v) is 6.01. The maximum atomic E-state index is 13.2. The summed E-state index contributed by atoms with van der Waals surface area (Å²) in [4.78, 5) is 0. The van der Waals surface area contributed by atoms with Gasteiger partial charge in [-0.3, -0.25) is 0 Å². The molecule has 0 amide bonds. The van der Waals surface area contributed by atoms with E-state index in [1.54, 1.807) is 7.11 Å². The third kappa shape index (κ3) is 3.09. The van der Waals surface area contributed by atoms with Crippen LogP contribution in [-0.2, 0) is 0 Å². The summed E-state index contributed by atoms with van der Waals surface area (Å²) in [5, 5.41) is 0. The van der Waals surface area contributed by atoms with Crippen molar-refractivity contribution in [3.05, 3.63) is 65.0 Å². The molecule has 0 bridgehead atoms. The Morgan fingerprint density at radius 1 is 1.09 bits per heavy atom. The lowest BCUT2D eigenvalue weighted by Gasteiger charge is -2.26. The summed E-state index contributed by atoms with van der Waals surface area (Å²) in [6, 6.07) is 10.8. The lowest BCUT2D eigenvalue weighted by molar-refractivity contribution is 0.229. The Labute approximate surface area is 136 Å². The molecule has 120 valence electrons. The molecule has 0 saturated heterocycles. The molecule has 1 atom stereocenters. The number of methoxy groups -OCH3 is 1. The standard InChI is InChI=1S/C20H21FO2/c1-13(2)23-20-18-6-4-5-16(14-7-9-15(21)10-8-14)17(18)11-12-19(20)22-3/h4,6-13,16H,5H2,1-3H3. The normalized spacial score (nSPS) is 16.3. The molecule has 0 aromatic heterocycles. The SMILES string of the molecule is COc1ccc2c(c1OC(C)C)C=CCC2c1ccc(F)cc1. The van der Waals surface area contributed by atoms with Crippen LogP contribution in [0.2, 0.25) is 0 Å². The highest BCUT2D eigenvalue weighted by Gasteiger charge is 2.24. The zero-order valence-corrected chi connectivity index (χ0v) is 13.7. The van der Waals surface area contributed by atoms with Crippen LogP contribution in [-0.4, -0.2) is 13.2 Å². The molecule has 1 aliphatic carbocycles. The molecule has 1 aliphatic rings. The van der Waals surface area contributed by atoms with Gasteiger partial charge < -0.3 is 9.47 Å². The van der Waals surface area contributed by atoms with Gasteiger partial charge in [0.15, 0.2) is 11.5 Å². The van der Waals surface area contributed by atoms with Crippen molar-refractivity contribution in [2.45, 2.75) is 32.3 Å². The Bertz CT molecular complexity index is 717. The highest BCUT2D eigenvalue weighted by Crippen LogP contribution is 2.43. The summed E-state index contributed by atoms with van der Waals surface area (Å²) in [6.45, 7) is 4.01. The van der Waals surface area contributed by atoms with Gasteiger partial charge in [-0.25, -0.2) is 4.39 Å². The van der Waals surface area contributed by atoms with Crippen molar-refractivity contribution in [3.8, 4) is 11.5 Å². The second-order valence-electron chi connectivity index (χ2n) is 6.01. The van der Waals surface area contributed by atoms with E-state index < -0.39 is 0 Å². The summed E-state index contributed by atoms with van der Waals surface area (Å²) >= 11 is 0. The molecule has 2 aromatic carbocycles. The molecule has 1 unspecified atom stereocenters. The Morgan fingerprint density at radius 2 is 1.83 bits per heavy atom. The number of hydrogen-bond donors (Lipinski definition) is 0. The number of fused-ring (bicyclic) bond motifs is 1. The minimum Gasteiger partial charge on any atom is -0.493 e. The van der Waals surface area contributed by atoms with Crippen LogP contribution in [0.4, 0.5) is 4.39 Å². The van der Waals surface area contributed by atoms with Gasteiger partial charge in [0, 0.05) is 11.5 Å². The molecular weight excluding hydrogens is 291 g/mol. The van der Waals surface area contributed by atoms with Crippen molar-refractivity contribution < 1.29 is 13.9 Å². The van der Waals surface area contributed by atoms with Crippen molar-refractivity contribution in [1.29, 1.82) is 0 Å². The average Bonchev–Trinajstić information content (AvgIpc) is 2.55. The molecular formula is C20H21FO2. The van der Waals surface area contributed by atoms with Crippen LogP contribution in [0.5, 0.6) is 11.5 Å². The number of hydrogen-bond acceptors (Lipinski definition) is 2. The fraction of sp³-hybridized carbons (Fsp3) is 0.300. The zero-order valence-electron chi connectivity index (χ0n) is 13.7. The van der Waals surface area contributed by atoms with Crippen molar-refractivity contribution in [2.24, 2.45) is 0 Å². The topological polar surface area (TPSA) is 18.5 Å². The molecule has 3 rings (SSSR count). The first-order valence-corrected chi connectivity index (χ1v) is 7.89. The number of ether oxygens (including phenoxy) is 2. The first kappa shape index (κ1) is 15.6. The van der Waals surface area contributed by atoms with Crippen molar-refractivity contribution >= 4 is 6.08 Å². The van der Waals surface area contributed by atoms with Gasteiger partial charge in [0.2, 0.25) is 0 Å². The number of allylic oxidation sites excluding steroid dienone is 1. The lowest BCUT2D eigenvalue weighted by atomic mass is 9.82. The Morgan fingerprint density at radius 3 is 2.48 bits per heavy atom.